The van der Waals surface area contributed by atoms with E-state index in [9.17, 15) is 8.78 Å². The molecule has 1 aromatic heterocycles. The molecule has 0 saturated heterocycles. The molecule has 0 spiro atoms. The summed E-state index contributed by atoms with van der Waals surface area (Å²) in [7, 11) is 0. The molecule has 1 heterocycles. The van der Waals surface area contributed by atoms with Gasteiger partial charge >= 0.3 is 0 Å². The normalized spacial score (nSPS) is 10.9. The molecule has 2 rings (SSSR count). The maximum Gasteiger partial charge on any atom is 0.186 e. The van der Waals surface area contributed by atoms with Gasteiger partial charge in [-0.3, -0.25) is 0 Å². The molecule has 1 aromatic carbocycles. The standard InChI is InChI=1S/C8H2BrF2IN2/c9-7-8(12)14-6-4(13-7)2-1-3(10)5(6)11/h1-2H. The van der Waals surface area contributed by atoms with Gasteiger partial charge in [0.1, 0.15) is 13.8 Å². The lowest BCUT2D eigenvalue weighted by atomic mass is 10.3. The fourth-order valence-electron chi connectivity index (χ4n) is 1.02. The molecule has 0 unspecified atom stereocenters. The number of nitrogens with zero attached hydrogens (tertiary/aromatic N) is 2. The largest absolute Gasteiger partial charge is 0.236 e. The molecule has 0 fully saturated rings. The summed E-state index contributed by atoms with van der Waals surface area (Å²) >= 11 is 5.05. The van der Waals surface area contributed by atoms with Crippen molar-refractivity contribution in [1.82, 2.24) is 9.97 Å². The number of hydrogen-bond donors (Lipinski definition) is 0. The third-order valence-corrected chi connectivity index (χ3v) is 3.69. The minimum absolute atomic E-state index is 0.0439. The van der Waals surface area contributed by atoms with Gasteiger partial charge < -0.3 is 0 Å². The van der Waals surface area contributed by atoms with Gasteiger partial charge in [-0.2, -0.15) is 0 Å². The van der Waals surface area contributed by atoms with Gasteiger partial charge in [-0.25, -0.2) is 18.7 Å². The van der Waals surface area contributed by atoms with Gasteiger partial charge in [-0.05, 0) is 50.7 Å². The molecule has 2 aromatic rings. The van der Waals surface area contributed by atoms with Crippen LogP contribution in [0, 0.1) is 15.3 Å². The molecule has 0 atom stereocenters. The highest BCUT2D eigenvalue weighted by atomic mass is 127. The highest BCUT2D eigenvalue weighted by Gasteiger charge is 2.11. The Labute approximate surface area is 100 Å². The molecule has 0 bridgehead atoms. The van der Waals surface area contributed by atoms with E-state index in [0.717, 1.165) is 6.07 Å². The predicted octanol–water partition coefficient (Wildman–Crippen LogP) is 3.28. The maximum absolute atomic E-state index is 13.2. The third kappa shape index (κ3) is 1.60. The van der Waals surface area contributed by atoms with Crippen molar-refractivity contribution >= 4 is 49.6 Å². The zero-order valence-electron chi connectivity index (χ0n) is 6.56. The topological polar surface area (TPSA) is 25.8 Å². The van der Waals surface area contributed by atoms with Crippen LogP contribution in [-0.4, -0.2) is 9.97 Å². The molecule has 0 aliphatic rings. The lowest BCUT2D eigenvalue weighted by Crippen LogP contribution is -1.95. The van der Waals surface area contributed by atoms with Crippen molar-refractivity contribution < 1.29 is 8.78 Å². The van der Waals surface area contributed by atoms with Crippen LogP contribution in [0.1, 0.15) is 0 Å². The highest BCUT2D eigenvalue weighted by molar-refractivity contribution is 14.1. The summed E-state index contributed by atoms with van der Waals surface area (Å²) in [6, 6.07) is 2.42. The molecule has 0 saturated carbocycles. The summed E-state index contributed by atoms with van der Waals surface area (Å²) in [6.45, 7) is 0. The van der Waals surface area contributed by atoms with E-state index in [0.29, 0.717) is 13.8 Å². The monoisotopic (exact) mass is 370 g/mol. The van der Waals surface area contributed by atoms with Crippen molar-refractivity contribution in [3.63, 3.8) is 0 Å². The SMILES string of the molecule is Fc1ccc2nc(Br)c(I)nc2c1F. The zero-order valence-corrected chi connectivity index (χ0v) is 10.3. The fourth-order valence-corrected chi connectivity index (χ4v) is 1.66. The average Bonchev–Trinajstić information content (AvgIpc) is 2.15. The summed E-state index contributed by atoms with van der Waals surface area (Å²) in [6.07, 6.45) is 0. The Balaban J connectivity index is 2.89. The van der Waals surface area contributed by atoms with E-state index >= 15 is 0 Å². The van der Waals surface area contributed by atoms with E-state index < -0.39 is 11.6 Å². The number of halogens is 4. The third-order valence-electron chi connectivity index (χ3n) is 1.65. The van der Waals surface area contributed by atoms with Crippen LogP contribution in [0.5, 0.6) is 0 Å². The number of hydrogen-bond acceptors (Lipinski definition) is 2. The van der Waals surface area contributed by atoms with Gasteiger partial charge in [0.25, 0.3) is 0 Å². The molecule has 2 nitrogen and oxygen atoms in total. The number of rotatable bonds is 0. The fraction of sp³-hybridized carbons (Fsp3) is 0. The Morgan fingerprint density at radius 1 is 1.21 bits per heavy atom. The molecule has 72 valence electrons. The summed E-state index contributed by atoms with van der Waals surface area (Å²) in [5, 5.41) is 0. The van der Waals surface area contributed by atoms with Crippen LogP contribution < -0.4 is 0 Å². The zero-order chi connectivity index (χ0) is 10.3. The van der Waals surface area contributed by atoms with Crippen molar-refractivity contribution in [3.05, 3.63) is 32.1 Å². The van der Waals surface area contributed by atoms with Gasteiger partial charge in [0.15, 0.2) is 11.6 Å². The lowest BCUT2D eigenvalue weighted by molar-refractivity contribution is 0.515. The Hall–Kier alpha value is -0.370. The van der Waals surface area contributed by atoms with E-state index in [4.69, 9.17) is 0 Å². The molecule has 0 amide bonds. The summed E-state index contributed by atoms with van der Waals surface area (Å²) in [5.41, 5.74) is 0.286. The Morgan fingerprint density at radius 2 is 1.93 bits per heavy atom. The van der Waals surface area contributed by atoms with Crippen molar-refractivity contribution in [3.8, 4) is 0 Å². The minimum atomic E-state index is -0.958. The van der Waals surface area contributed by atoms with Crippen LogP contribution in [0.3, 0.4) is 0 Å². The number of fused-ring (bicyclic) bond motifs is 1. The second-order valence-corrected chi connectivity index (χ2v) is 4.31. The summed E-state index contributed by atoms with van der Waals surface area (Å²) < 4.78 is 27.1. The molecular weight excluding hydrogens is 369 g/mol. The number of benzene rings is 1. The molecule has 0 radical (unpaired) electrons. The molecule has 14 heavy (non-hydrogen) atoms. The number of aromatic nitrogens is 2. The van der Waals surface area contributed by atoms with Crippen LogP contribution in [-0.2, 0) is 0 Å². The van der Waals surface area contributed by atoms with Gasteiger partial charge in [0.05, 0.1) is 5.52 Å². The molecular formula is C8H2BrF2IN2. The Kier molecular flexibility index (Phi) is 2.65. The summed E-state index contributed by atoms with van der Waals surface area (Å²) in [4.78, 5) is 7.91. The van der Waals surface area contributed by atoms with Gasteiger partial charge in [0, 0.05) is 0 Å². The first-order valence-electron chi connectivity index (χ1n) is 3.56. The lowest BCUT2D eigenvalue weighted by Gasteiger charge is -2.01. The van der Waals surface area contributed by atoms with E-state index in [1.54, 1.807) is 0 Å². The van der Waals surface area contributed by atoms with E-state index in [1.165, 1.54) is 6.07 Å². The highest BCUT2D eigenvalue weighted by Crippen LogP contribution is 2.22. The van der Waals surface area contributed by atoms with Crippen LogP contribution in [0.4, 0.5) is 8.78 Å². The first-order chi connectivity index (χ1) is 6.59. The van der Waals surface area contributed by atoms with E-state index in [-0.39, 0.29) is 5.52 Å². The van der Waals surface area contributed by atoms with Gasteiger partial charge in [-0.1, -0.05) is 0 Å². The molecule has 6 heteroatoms. The van der Waals surface area contributed by atoms with Gasteiger partial charge in [0.2, 0.25) is 0 Å². The van der Waals surface area contributed by atoms with Crippen molar-refractivity contribution in [2.45, 2.75) is 0 Å². The van der Waals surface area contributed by atoms with Crippen molar-refractivity contribution in [2.75, 3.05) is 0 Å². The second-order valence-electron chi connectivity index (χ2n) is 2.53. The van der Waals surface area contributed by atoms with Crippen LogP contribution in [0.15, 0.2) is 16.7 Å². The van der Waals surface area contributed by atoms with Crippen LogP contribution in [0.2, 0.25) is 0 Å². The maximum atomic E-state index is 13.2. The molecule has 0 aliphatic heterocycles. The van der Waals surface area contributed by atoms with E-state index in [1.807, 2.05) is 22.6 Å². The predicted molar refractivity (Wildman–Crippen MR) is 59.9 cm³/mol. The molecule has 0 N–H and O–H groups in total. The minimum Gasteiger partial charge on any atom is -0.236 e. The van der Waals surface area contributed by atoms with Gasteiger partial charge in [-0.15, -0.1) is 0 Å². The quantitative estimate of drug-likeness (QED) is 0.665. The van der Waals surface area contributed by atoms with E-state index in [2.05, 4.69) is 25.9 Å². The average molecular weight is 371 g/mol. The summed E-state index contributed by atoms with van der Waals surface area (Å²) in [5.74, 6) is -1.87. The Bertz CT molecular complexity index is 518. The molecule has 0 aliphatic carbocycles. The first kappa shape index (κ1) is 10.2. The van der Waals surface area contributed by atoms with Crippen molar-refractivity contribution in [1.29, 1.82) is 0 Å². The van der Waals surface area contributed by atoms with Crippen molar-refractivity contribution in [2.24, 2.45) is 0 Å². The Morgan fingerprint density at radius 3 is 2.64 bits per heavy atom. The van der Waals surface area contributed by atoms with Crippen LogP contribution in [0.25, 0.3) is 11.0 Å². The van der Waals surface area contributed by atoms with Crippen LogP contribution >= 0.6 is 38.5 Å². The second kappa shape index (κ2) is 3.65. The smallest absolute Gasteiger partial charge is 0.186 e. The first-order valence-corrected chi connectivity index (χ1v) is 5.43.